The van der Waals surface area contributed by atoms with E-state index in [9.17, 15) is 14.4 Å². The number of unbranched alkanes of at least 4 members (excludes halogenated alkanes) is 28. The van der Waals surface area contributed by atoms with Crippen molar-refractivity contribution in [3.05, 3.63) is 0 Å². The average Bonchev–Trinajstić information content (AvgIpc) is 3.14. The molecule has 0 aliphatic carbocycles. The van der Waals surface area contributed by atoms with Gasteiger partial charge in [-0.05, 0) is 25.2 Å². The zero-order valence-electron chi connectivity index (χ0n) is 35.4. The van der Waals surface area contributed by atoms with Crippen molar-refractivity contribution in [3.63, 3.8) is 0 Å². The van der Waals surface area contributed by atoms with Crippen LogP contribution in [0.15, 0.2) is 0 Å². The minimum atomic E-state index is -0.792. The van der Waals surface area contributed by atoms with Crippen molar-refractivity contribution in [2.24, 2.45) is 5.92 Å². The molecule has 0 rings (SSSR count). The van der Waals surface area contributed by atoms with Crippen molar-refractivity contribution in [2.45, 2.75) is 252 Å². The predicted molar refractivity (Wildman–Crippen MR) is 221 cm³/mol. The van der Waals surface area contributed by atoms with Gasteiger partial charge >= 0.3 is 17.9 Å². The summed E-state index contributed by atoms with van der Waals surface area (Å²) in [5.74, 6) is -0.746. The smallest absolute Gasteiger partial charge is 0.306 e. The molecular weight excluding hydrogens is 664 g/mol. The van der Waals surface area contributed by atoms with E-state index in [-0.39, 0.29) is 50.1 Å². The second-order valence-corrected chi connectivity index (χ2v) is 16.1. The van der Waals surface area contributed by atoms with Gasteiger partial charge in [-0.3, -0.25) is 14.4 Å². The topological polar surface area (TPSA) is 99.1 Å². The molecule has 1 unspecified atom stereocenters. The lowest BCUT2D eigenvalue weighted by Gasteiger charge is -2.19. The van der Waals surface area contributed by atoms with Gasteiger partial charge in [0.2, 0.25) is 0 Å². The van der Waals surface area contributed by atoms with Crippen LogP contribution in [0.2, 0.25) is 0 Å². The molecule has 0 aliphatic heterocycles. The van der Waals surface area contributed by atoms with Crippen LogP contribution in [-0.2, 0) is 28.6 Å². The Hall–Kier alpha value is -1.63. The highest BCUT2D eigenvalue weighted by Gasteiger charge is 2.21. The Balaban J connectivity index is 4.36. The van der Waals surface area contributed by atoms with E-state index in [1.807, 2.05) is 0 Å². The molecule has 53 heavy (non-hydrogen) atoms. The molecule has 0 saturated carbocycles. The molecule has 7 nitrogen and oxygen atoms in total. The maximum Gasteiger partial charge on any atom is 0.306 e. The van der Waals surface area contributed by atoms with Crippen molar-refractivity contribution >= 4 is 17.9 Å². The summed E-state index contributed by atoms with van der Waals surface area (Å²) in [6.45, 7) is 6.64. The van der Waals surface area contributed by atoms with E-state index < -0.39 is 6.10 Å². The fourth-order valence-corrected chi connectivity index (χ4v) is 6.96. The Morgan fingerprint density at radius 3 is 1.11 bits per heavy atom. The normalized spacial score (nSPS) is 11.9. The third-order valence-corrected chi connectivity index (χ3v) is 10.5. The van der Waals surface area contributed by atoms with Crippen molar-refractivity contribution in [1.82, 2.24) is 0 Å². The van der Waals surface area contributed by atoms with Gasteiger partial charge in [0.05, 0.1) is 0 Å². The molecule has 0 radical (unpaired) electrons. The molecule has 0 aromatic carbocycles. The Morgan fingerprint density at radius 1 is 0.434 bits per heavy atom. The number of rotatable bonds is 42. The number of aliphatic hydroxyl groups is 1. The van der Waals surface area contributed by atoms with Crippen LogP contribution in [0.1, 0.15) is 245 Å². The summed E-state index contributed by atoms with van der Waals surface area (Å²) in [5, 5.41) is 8.94. The summed E-state index contributed by atoms with van der Waals surface area (Å²) >= 11 is 0. The summed E-state index contributed by atoms with van der Waals surface area (Å²) < 4.78 is 16.7. The van der Waals surface area contributed by atoms with Crippen LogP contribution in [0, 0.1) is 5.92 Å². The van der Waals surface area contributed by atoms with Gasteiger partial charge in [-0.1, -0.05) is 207 Å². The molecular formula is C46H88O7. The second kappa shape index (κ2) is 41.5. The minimum absolute atomic E-state index is 0.0890. The average molecular weight is 753 g/mol. The largest absolute Gasteiger partial charge is 0.462 e. The van der Waals surface area contributed by atoms with Crippen LogP contribution >= 0.6 is 0 Å². The first-order chi connectivity index (χ1) is 25.9. The van der Waals surface area contributed by atoms with Gasteiger partial charge in [0, 0.05) is 25.9 Å². The van der Waals surface area contributed by atoms with Crippen LogP contribution in [-0.4, -0.2) is 48.9 Å². The van der Waals surface area contributed by atoms with E-state index >= 15 is 0 Å². The molecule has 0 heterocycles. The Bertz CT molecular complexity index is 755. The van der Waals surface area contributed by atoms with Gasteiger partial charge in [-0.25, -0.2) is 0 Å². The molecule has 7 heteroatoms. The lowest BCUT2D eigenvalue weighted by atomic mass is 9.99. The molecule has 0 aromatic heterocycles. The van der Waals surface area contributed by atoms with Crippen molar-refractivity contribution in [1.29, 1.82) is 0 Å². The highest BCUT2D eigenvalue weighted by atomic mass is 16.6. The fraction of sp³-hybridized carbons (Fsp3) is 0.935. The SMILES string of the molecule is CCCCCCCCCCCCCCCC(=O)OCC(COC(=O)CCCCCCCCCCCCCCC)OC(=O)CC(C)CCCCCCCO. The zero-order valence-corrected chi connectivity index (χ0v) is 35.4. The number of esters is 3. The monoisotopic (exact) mass is 753 g/mol. The second-order valence-electron chi connectivity index (χ2n) is 16.1. The van der Waals surface area contributed by atoms with Crippen LogP contribution in [0.4, 0.5) is 0 Å². The maximum absolute atomic E-state index is 12.8. The lowest BCUT2D eigenvalue weighted by Crippen LogP contribution is -2.31. The number of carbonyl (C=O) groups excluding carboxylic acids is 3. The summed E-state index contributed by atoms with van der Waals surface area (Å²) in [6.07, 6.45) is 38.7. The number of ether oxygens (including phenoxy) is 3. The summed E-state index contributed by atoms with van der Waals surface area (Å²) in [5.41, 5.74) is 0. The fourth-order valence-electron chi connectivity index (χ4n) is 6.96. The molecule has 0 saturated heterocycles. The predicted octanol–water partition coefficient (Wildman–Crippen LogP) is 13.3. The third-order valence-electron chi connectivity index (χ3n) is 10.5. The van der Waals surface area contributed by atoms with E-state index in [1.54, 1.807) is 0 Å². The highest BCUT2D eigenvalue weighted by molar-refractivity contribution is 5.71. The minimum Gasteiger partial charge on any atom is -0.462 e. The first kappa shape index (κ1) is 51.4. The van der Waals surface area contributed by atoms with Gasteiger partial charge < -0.3 is 19.3 Å². The van der Waals surface area contributed by atoms with Crippen LogP contribution in [0.25, 0.3) is 0 Å². The molecule has 0 fully saturated rings. The van der Waals surface area contributed by atoms with Gasteiger partial charge in [-0.15, -0.1) is 0 Å². The third kappa shape index (κ3) is 39.9. The Labute approximate surface area is 328 Å². The standard InChI is InChI=1S/C46H88O7/c1-4-6-8-10-12-14-16-18-20-22-24-28-32-36-44(48)51-40-43(53-46(50)39-42(3)35-31-27-26-30-34-38-47)41-52-45(49)37-33-29-25-23-21-19-17-15-13-11-9-7-5-2/h42-43,47H,4-41H2,1-3H3. The molecule has 1 N–H and O–H groups in total. The summed E-state index contributed by atoms with van der Waals surface area (Å²) in [6, 6.07) is 0. The molecule has 314 valence electrons. The van der Waals surface area contributed by atoms with Crippen molar-refractivity contribution in [3.8, 4) is 0 Å². The Morgan fingerprint density at radius 2 is 0.755 bits per heavy atom. The van der Waals surface area contributed by atoms with Crippen LogP contribution in [0.5, 0.6) is 0 Å². The van der Waals surface area contributed by atoms with Crippen LogP contribution in [0.3, 0.4) is 0 Å². The lowest BCUT2D eigenvalue weighted by molar-refractivity contribution is -0.167. The molecule has 1 atom stereocenters. The summed E-state index contributed by atoms with van der Waals surface area (Å²) in [7, 11) is 0. The van der Waals surface area contributed by atoms with Crippen molar-refractivity contribution < 1.29 is 33.7 Å². The molecule has 0 aromatic rings. The number of hydrogen-bond donors (Lipinski definition) is 1. The molecule has 0 aliphatic rings. The first-order valence-corrected chi connectivity index (χ1v) is 23.0. The quantitative estimate of drug-likeness (QED) is 0.0376. The molecule has 0 spiro atoms. The van der Waals surface area contributed by atoms with E-state index in [0.717, 1.165) is 77.0 Å². The van der Waals surface area contributed by atoms with E-state index in [4.69, 9.17) is 19.3 Å². The molecule has 0 amide bonds. The van der Waals surface area contributed by atoms with Crippen molar-refractivity contribution in [2.75, 3.05) is 19.8 Å². The Kier molecular flexibility index (Phi) is 40.3. The van der Waals surface area contributed by atoms with Gasteiger partial charge in [-0.2, -0.15) is 0 Å². The van der Waals surface area contributed by atoms with Gasteiger partial charge in [0.25, 0.3) is 0 Å². The van der Waals surface area contributed by atoms with Gasteiger partial charge in [0.15, 0.2) is 6.10 Å². The van der Waals surface area contributed by atoms with E-state index in [0.29, 0.717) is 12.8 Å². The summed E-state index contributed by atoms with van der Waals surface area (Å²) in [4.78, 5) is 37.9. The van der Waals surface area contributed by atoms with E-state index in [2.05, 4.69) is 20.8 Å². The molecule has 0 bridgehead atoms. The number of aliphatic hydroxyl groups excluding tert-OH is 1. The number of hydrogen-bond acceptors (Lipinski definition) is 7. The van der Waals surface area contributed by atoms with Gasteiger partial charge in [0.1, 0.15) is 13.2 Å². The highest BCUT2D eigenvalue weighted by Crippen LogP contribution is 2.17. The van der Waals surface area contributed by atoms with E-state index in [1.165, 1.54) is 128 Å². The zero-order chi connectivity index (χ0) is 38.9. The maximum atomic E-state index is 12.8. The van der Waals surface area contributed by atoms with Crippen LogP contribution < -0.4 is 0 Å². The first-order valence-electron chi connectivity index (χ1n) is 23.0. The number of carbonyl (C=O) groups is 3.